The van der Waals surface area contributed by atoms with Gasteiger partial charge in [-0.15, -0.1) is 0 Å². The smallest absolute Gasteiger partial charge is 0.410 e. The molecule has 1 amide bonds. The van der Waals surface area contributed by atoms with Crippen molar-refractivity contribution in [1.82, 2.24) is 14.7 Å². The second-order valence-corrected chi connectivity index (χ2v) is 17.2. The molecule has 1 fully saturated rings. The summed E-state index contributed by atoms with van der Waals surface area (Å²) in [4.78, 5) is 26.2. The zero-order valence-electron chi connectivity index (χ0n) is 21.6. The normalized spacial score (nSPS) is 16.4. The summed E-state index contributed by atoms with van der Waals surface area (Å²) in [6, 6.07) is 2.97. The third-order valence-electron chi connectivity index (χ3n) is 5.40. The molecule has 1 aromatic rings. The Balaban J connectivity index is 2.14. The third kappa shape index (κ3) is 8.97. The predicted molar refractivity (Wildman–Crippen MR) is 135 cm³/mol. The van der Waals surface area contributed by atoms with E-state index in [2.05, 4.69) is 35.6 Å². The minimum Gasteiger partial charge on any atom is -0.464 e. The predicted octanol–water partition coefficient (Wildman–Crippen LogP) is 4.76. The van der Waals surface area contributed by atoms with Crippen LogP contribution in [0.4, 0.5) is 4.79 Å². The lowest BCUT2D eigenvalue weighted by Gasteiger charge is -2.40. The maximum absolute atomic E-state index is 12.5. The number of carbonyl (C=O) groups excluding carboxylic acids is 2. The Labute approximate surface area is 212 Å². The molecule has 0 spiro atoms. The second-order valence-electron chi connectivity index (χ2n) is 10.8. The highest BCUT2D eigenvalue weighted by Crippen LogP contribution is 2.37. The van der Waals surface area contributed by atoms with Crippen molar-refractivity contribution >= 4 is 36.1 Å². The van der Waals surface area contributed by atoms with Crippen LogP contribution in [0.25, 0.3) is 0 Å². The number of ether oxygens (including phenoxy) is 4. The zero-order valence-corrected chi connectivity index (χ0v) is 24.2. The number of carbonyl (C=O) groups is 2. The zero-order chi connectivity index (χ0) is 25.6. The molecule has 1 aliphatic rings. The molecule has 0 aromatic carbocycles. The Morgan fingerprint density at radius 3 is 2.41 bits per heavy atom. The number of rotatable bonds is 10. The highest BCUT2D eigenvalue weighted by Gasteiger charge is 2.42. The van der Waals surface area contributed by atoms with E-state index >= 15 is 0 Å². The fraction of sp³-hybridized carbons (Fsp3) is 0.783. The molecule has 194 valence electrons. The molecule has 1 saturated heterocycles. The number of halogens is 1. The molecule has 0 bridgehead atoms. The summed E-state index contributed by atoms with van der Waals surface area (Å²) in [6.45, 7) is 16.2. The van der Waals surface area contributed by atoms with Crippen LogP contribution < -0.4 is 0 Å². The van der Waals surface area contributed by atoms with E-state index in [0.717, 1.165) is 10.6 Å². The van der Waals surface area contributed by atoms with E-state index in [1.807, 2.05) is 26.8 Å². The van der Waals surface area contributed by atoms with Gasteiger partial charge in [0, 0.05) is 40.6 Å². The first kappa shape index (κ1) is 28.8. The SMILES string of the molecule is CCOC(=O)COC1(c2cc(Br)n(COCC[Si](C)(C)C)n2)CCN(C(=O)OC(C)(C)C)CC1. The Morgan fingerprint density at radius 2 is 1.85 bits per heavy atom. The topological polar surface area (TPSA) is 92.1 Å². The Kier molecular flexibility index (Phi) is 10.2. The van der Waals surface area contributed by atoms with Crippen LogP contribution in [0.5, 0.6) is 0 Å². The van der Waals surface area contributed by atoms with E-state index < -0.39 is 25.2 Å². The van der Waals surface area contributed by atoms with Gasteiger partial charge in [-0.1, -0.05) is 19.6 Å². The van der Waals surface area contributed by atoms with Gasteiger partial charge in [-0.05, 0) is 55.7 Å². The quantitative estimate of drug-likeness (QED) is 0.231. The van der Waals surface area contributed by atoms with E-state index in [1.165, 1.54) is 0 Å². The summed E-state index contributed by atoms with van der Waals surface area (Å²) in [5.41, 5.74) is -0.691. The summed E-state index contributed by atoms with van der Waals surface area (Å²) in [5, 5.41) is 4.74. The number of esters is 1. The highest BCUT2D eigenvalue weighted by molar-refractivity contribution is 9.10. The standard InChI is InChI=1S/C23H40BrN3O6Si/c1-8-31-20(28)16-32-23(9-11-26(12-10-23)21(29)33-22(2,3)4)18-15-19(24)27(25-18)17-30-13-14-34(5,6)7/h15H,8-14,16-17H2,1-7H3. The van der Waals surface area contributed by atoms with E-state index in [4.69, 9.17) is 24.0 Å². The number of piperidine rings is 1. The van der Waals surface area contributed by atoms with Crippen molar-refractivity contribution in [3.05, 3.63) is 16.4 Å². The summed E-state index contributed by atoms with van der Waals surface area (Å²) in [5.74, 6) is -0.426. The van der Waals surface area contributed by atoms with Gasteiger partial charge in [0.1, 0.15) is 29.1 Å². The number of nitrogens with zero attached hydrogens (tertiary/aromatic N) is 3. The minimum atomic E-state index is -1.17. The van der Waals surface area contributed by atoms with Crippen LogP contribution in [0.2, 0.25) is 25.7 Å². The maximum atomic E-state index is 12.5. The van der Waals surface area contributed by atoms with Crippen molar-refractivity contribution in [2.24, 2.45) is 0 Å². The summed E-state index contributed by atoms with van der Waals surface area (Å²) >= 11 is 3.57. The number of likely N-dealkylation sites (tertiary alicyclic amines) is 1. The molecule has 1 aromatic heterocycles. The van der Waals surface area contributed by atoms with Crippen molar-refractivity contribution in [1.29, 1.82) is 0 Å². The molecular formula is C23H40BrN3O6Si. The number of hydrogen-bond acceptors (Lipinski definition) is 7. The summed E-state index contributed by atoms with van der Waals surface area (Å²) in [7, 11) is -1.17. The first-order valence-electron chi connectivity index (χ1n) is 11.8. The Morgan fingerprint density at radius 1 is 1.21 bits per heavy atom. The molecule has 2 heterocycles. The largest absolute Gasteiger partial charge is 0.464 e. The third-order valence-corrected chi connectivity index (χ3v) is 7.74. The molecule has 2 rings (SSSR count). The van der Waals surface area contributed by atoms with Gasteiger partial charge in [-0.2, -0.15) is 5.10 Å². The van der Waals surface area contributed by atoms with Gasteiger partial charge in [0.15, 0.2) is 0 Å². The van der Waals surface area contributed by atoms with Gasteiger partial charge < -0.3 is 23.8 Å². The van der Waals surface area contributed by atoms with Crippen molar-refractivity contribution in [3.63, 3.8) is 0 Å². The van der Waals surface area contributed by atoms with Crippen molar-refractivity contribution in [3.8, 4) is 0 Å². The van der Waals surface area contributed by atoms with Gasteiger partial charge >= 0.3 is 12.1 Å². The number of amides is 1. The molecule has 0 N–H and O–H groups in total. The van der Waals surface area contributed by atoms with Crippen molar-refractivity contribution in [2.45, 2.75) is 84.2 Å². The molecular weight excluding hydrogens is 522 g/mol. The molecule has 0 atom stereocenters. The summed E-state index contributed by atoms with van der Waals surface area (Å²) in [6.07, 6.45) is 0.603. The molecule has 1 aliphatic heterocycles. The number of aromatic nitrogens is 2. The average molecular weight is 563 g/mol. The maximum Gasteiger partial charge on any atom is 0.410 e. The molecule has 11 heteroatoms. The van der Waals surface area contributed by atoms with Crippen LogP contribution in [0.15, 0.2) is 10.7 Å². The Hall–Kier alpha value is -1.43. The monoisotopic (exact) mass is 561 g/mol. The lowest BCUT2D eigenvalue weighted by molar-refractivity contribution is -0.161. The van der Waals surface area contributed by atoms with Crippen LogP contribution >= 0.6 is 15.9 Å². The fourth-order valence-electron chi connectivity index (χ4n) is 3.49. The molecule has 9 nitrogen and oxygen atoms in total. The lowest BCUT2D eigenvalue weighted by Crippen LogP contribution is -2.48. The lowest BCUT2D eigenvalue weighted by atomic mass is 9.88. The van der Waals surface area contributed by atoms with Gasteiger partial charge in [0.25, 0.3) is 0 Å². The molecule has 0 unspecified atom stereocenters. The van der Waals surface area contributed by atoms with Crippen molar-refractivity contribution < 1.29 is 28.5 Å². The average Bonchev–Trinajstić information content (AvgIpc) is 3.09. The second kappa shape index (κ2) is 12.0. The molecule has 0 saturated carbocycles. The Bertz CT molecular complexity index is 826. The molecule has 0 aliphatic carbocycles. The van der Waals surface area contributed by atoms with Crippen LogP contribution in [0, 0.1) is 0 Å². The van der Waals surface area contributed by atoms with E-state index in [0.29, 0.717) is 45.0 Å². The van der Waals surface area contributed by atoms with Crippen LogP contribution in [0.3, 0.4) is 0 Å². The van der Waals surface area contributed by atoms with E-state index in [9.17, 15) is 9.59 Å². The first-order chi connectivity index (χ1) is 15.7. The van der Waals surface area contributed by atoms with Gasteiger partial charge in [0.2, 0.25) is 0 Å². The van der Waals surface area contributed by atoms with Crippen LogP contribution in [-0.4, -0.2) is 73.3 Å². The summed E-state index contributed by atoms with van der Waals surface area (Å²) < 4.78 is 25.1. The fourth-order valence-corrected chi connectivity index (χ4v) is 4.64. The van der Waals surface area contributed by atoms with Gasteiger partial charge in [0.05, 0.1) is 12.3 Å². The highest BCUT2D eigenvalue weighted by atomic mass is 79.9. The minimum absolute atomic E-state index is 0.183. The number of hydrogen-bond donors (Lipinski definition) is 0. The van der Waals surface area contributed by atoms with E-state index in [-0.39, 0.29) is 19.3 Å². The molecule has 34 heavy (non-hydrogen) atoms. The molecule has 0 radical (unpaired) electrons. The van der Waals surface area contributed by atoms with Crippen LogP contribution in [0.1, 0.15) is 46.2 Å². The van der Waals surface area contributed by atoms with E-state index in [1.54, 1.807) is 16.5 Å². The van der Waals surface area contributed by atoms with Gasteiger partial charge in [-0.25, -0.2) is 14.3 Å². The van der Waals surface area contributed by atoms with Crippen molar-refractivity contribution in [2.75, 3.05) is 32.9 Å². The van der Waals surface area contributed by atoms with Gasteiger partial charge in [-0.3, -0.25) is 0 Å². The van der Waals surface area contributed by atoms with Crippen LogP contribution in [-0.2, 0) is 36.1 Å². The first-order valence-corrected chi connectivity index (χ1v) is 16.3.